The van der Waals surface area contributed by atoms with Gasteiger partial charge in [0.25, 0.3) is 11.6 Å². The summed E-state index contributed by atoms with van der Waals surface area (Å²) in [4.78, 5) is 25.2. The minimum atomic E-state index is -0.576. The first-order valence-corrected chi connectivity index (χ1v) is 7.33. The first-order valence-electron chi connectivity index (χ1n) is 6.54. The lowest BCUT2D eigenvalue weighted by atomic mass is 10.1. The highest BCUT2D eigenvalue weighted by atomic mass is 79.9. The predicted octanol–water partition coefficient (Wildman–Crippen LogP) is 2.47. The van der Waals surface area contributed by atoms with E-state index in [0.717, 1.165) is 6.21 Å². The molecule has 24 heavy (non-hydrogen) atoms. The van der Waals surface area contributed by atoms with Gasteiger partial charge >= 0.3 is 0 Å². The summed E-state index contributed by atoms with van der Waals surface area (Å²) >= 11 is 3.21. The van der Waals surface area contributed by atoms with E-state index < -0.39 is 10.8 Å². The molecule has 0 aliphatic heterocycles. The summed E-state index contributed by atoms with van der Waals surface area (Å²) in [7, 11) is 2.79. The predicted molar refractivity (Wildman–Crippen MR) is 89.8 cm³/mol. The molecule has 126 valence electrons. The molecule has 10 heteroatoms. The Hall–Kier alpha value is -2.88. The zero-order valence-electron chi connectivity index (χ0n) is 12.7. The van der Waals surface area contributed by atoms with Crippen molar-refractivity contribution < 1.29 is 19.2 Å². The van der Waals surface area contributed by atoms with Crippen LogP contribution in [0.2, 0.25) is 0 Å². The van der Waals surface area contributed by atoms with Gasteiger partial charge in [-0.05, 0) is 28.1 Å². The number of aromatic amines is 1. The number of carbonyl (C=O) groups is 1. The minimum Gasteiger partial charge on any atom is -0.493 e. The molecule has 0 atom stereocenters. The molecule has 0 aliphatic carbocycles. The number of ether oxygens (including phenoxy) is 2. The number of methoxy groups -OCH3 is 2. The number of hydrogen-bond donors (Lipinski definition) is 2. The number of hydrazone groups is 1. The van der Waals surface area contributed by atoms with Crippen LogP contribution in [-0.4, -0.2) is 36.2 Å². The zero-order chi connectivity index (χ0) is 17.7. The van der Waals surface area contributed by atoms with Crippen LogP contribution in [0, 0.1) is 10.1 Å². The molecule has 0 spiro atoms. The Morgan fingerprint density at radius 3 is 2.54 bits per heavy atom. The fourth-order valence-corrected chi connectivity index (χ4v) is 2.21. The Morgan fingerprint density at radius 1 is 1.33 bits per heavy atom. The van der Waals surface area contributed by atoms with Crippen molar-refractivity contribution in [2.24, 2.45) is 5.10 Å². The Balaban J connectivity index is 2.24. The van der Waals surface area contributed by atoms with Gasteiger partial charge in [-0.3, -0.25) is 14.9 Å². The third-order valence-corrected chi connectivity index (χ3v) is 3.45. The maximum Gasteiger partial charge on any atom is 0.287 e. The van der Waals surface area contributed by atoms with Gasteiger partial charge in [-0.2, -0.15) is 5.10 Å². The van der Waals surface area contributed by atoms with E-state index in [-0.39, 0.29) is 17.0 Å². The Morgan fingerprint density at radius 2 is 2.00 bits per heavy atom. The molecule has 0 fully saturated rings. The third kappa shape index (κ3) is 3.90. The molecule has 0 saturated carbocycles. The molecule has 2 rings (SSSR count). The number of aromatic nitrogens is 1. The fraction of sp³-hybridized carbons (Fsp3) is 0.143. The van der Waals surface area contributed by atoms with Gasteiger partial charge in [0, 0.05) is 10.7 Å². The zero-order valence-corrected chi connectivity index (χ0v) is 14.3. The number of H-pyrrole nitrogens is 1. The Kier molecular flexibility index (Phi) is 5.53. The molecule has 1 amide bonds. The molecule has 2 N–H and O–H groups in total. The van der Waals surface area contributed by atoms with Crippen LogP contribution in [0.5, 0.6) is 11.5 Å². The van der Waals surface area contributed by atoms with Crippen molar-refractivity contribution in [3.63, 3.8) is 0 Å². The molecule has 1 aromatic carbocycles. The van der Waals surface area contributed by atoms with Crippen molar-refractivity contribution in [3.8, 4) is 11.5 Å². The highest BCUT2D eigenvalue weighted by Gasteiger charge is 2.18. The number of amides is 1. The van der Waals surface area contributed by atoms with E-state index in [9.17, 15) is 14.9 Å². The van der Waals surface area contributed by atoms with Gasteiger partial charge in [0.2, 0.25) is 0 Å². The molecule has 9 nitrogen and oxygen atoms in total. The number of rotatable bonds is 6. The summed E-state index contributed by atoms with van der Waals surface area (Å²) in [6.07, 6.45) is 2.76. The Bertz CT molecular complexity index is 802. The second-order valence-electron chi connectivity index (χ2n) is 4.45. The van der Waals surface area contributed by atoms with Gasteiger partial charge < -0.3 is 14.5 Å². The van der Waals surface area contributed by atoms with Gasteiger partial charge in [0.05, 0.1) is 37.0 Å². The molecule has 1 heterocycles. The number of carbonyl (C=O) groups excluding carboxylic acids is 1. The molecular weight excluding hydrogens is 384 g/mol. The van der Waals surface area contributed by atoms with Crippen molar-refractivity contribution in [2.45, 2.75) is 0 Å². The number of nitro groups is 1. The van der Waals surface area contributed by atoms with E-state index >= 15 is 0 Å². The van der Waals surface area contributed by atoms with Crippen molar-refractivity contribution in [3.05, 3.63) is 50.2 Å². The van der Waals surface area contributed by atoms with Crippen LogP contribution < -0.4 is 14.9 Å². The van der Waals surface area contributed by atoms with Crippen LogP contribution in [0.4, 0.5) is 5.69 Å². The van der Waals surface area contributed by atoms with Crippen LogP contribution in [0.15, 0.2) is 34.0 Å². The van der Waals surface area contributed by atoms with Gasteiger partial charge in [0.15, 0.2) is 11.5 Å². The Labute approximate surface area is 144 Å². The van der Waals surface area contributed by atoms with E-state index in [0.29, 0.717) is 15.9 Å². The van der Waals surface area contributed by atoms with Crippen molar-refractivity contribution >= 4 is 33.7 Å². The fourth-order valence-electron chi connectivity index (χ4n) is 1.87. The van der Waals surface area contributed by atoms with Crippen LogP contribution in [0.25, 0.3) is 0 Å². The molecule has 0 aliphatic rings. The molecule has 0 bridgehead atoms. The smallest absolute Gasteiger partial charge is 0.287 e. The number of benzene rings is 1. The quantitative estimate of drug-likeness (QED) is 0.441. The normalized spacial score (nSPS) is 10.6. The van der Waals surface area contributed by atoms with Gasteiger partial charge in [0.1, 0.15) is 5.69 Å². The van der Waals surface area contributed by atoms with E-state index in [1.165, 1.54) is 26.4 Å². The molecule has 2 aromatic rings. The molecule has 0 unspecified atom stereocenters. The first kappa shape index (κ1) is 17.5. The number of halogens is 1. The average molecular weight is 397 g/mol. The SMILES string of the molecule is COc1cc(/C=N\NC(=O)c2cc(Br)c[nH]2)c([N+](=O)[O-])cc1OC. The van der Waals surface area contributed by atoms with Crippen LogP contribution in [-0.2, 0) is 0 Å². The first-order chi connectivity index (χ1) is 11.5. The molecule has 0 saturated heterocycles. The summed E-state index contributed by atoms with van der Waals surface area (Å²) < 4.78 is 10.9. The maximum atomic E-state index is 11.8. The standard InChI is InChI=1S/C14H13BrN4O5/c1-23-12-3-8(11(19(21)22)5-13(12)24-2)6-17-18-14(20)10-4-9(15)7-16-10/h3-7,16H,1-2H3,(H,18,20)/b17-6-. The molecule has 0 radical (unpaired) electrons. The average Bonchev–Trinajstić information content (AvgIpc) is 3.00. The van der Waals surface area contributed by atoms with Gasteiger partial charge in [-0.25, -0.2) is 5.43 Å². The van der Waals surface area contributed by atoms with Crippen LogP contribution in [0.3, 0.4) is 0 Å². The number of nitro benzene ring substituents is 1. The minimum absolute atomic E-state index is 0.158. The monoisotopic (exact) mass is 396 g/mol. The second-order valence-corrected chi connectivity index (χ2v) is 5.37. The van der Waals surface area contributed by atoms with E-state index in [4.69, 9.17) is 9.47 Å². The largest absolute Gasteiger partial charge is 0.493 e. The third-order valence-electron chi connectivity index (χ3n) is 2.99. The van der Waals surface area contributed by atoms with Crippen molar-refractivity contribution in [1.29, 1.82) is 0 Å². The summed E-state index contributed by atoms with van der Waals surface area (Å²) in [5.74, 6) is 0.0471. The molecular formula is C14H13BrN4O5. The second kappa shape index (κ2) is 7.59. The number of hydrogen-bond acceptors (Lipinski definition) is 6. The van der Waals surface area contributed by atoms with Crippen LogP contribution >= 0.6 is 15.9 Å². The van der Waals surface area contributed by atoms with Gasteiger partial charge in [-0.15, -0.1) is 0 Å². The van der Waals surface area contributed by atoms with Gasteiger partial charge in [-0.1, -0.05) is 0 Å². The lowest BCUT2D eigenvalue weighted by Crippen LogP contribution is -2.18. The maximum absolute atomic E-state index is 11.8. The lowest BCUT2D eigenvalue weighted by Gasteiger charge is -2.08. The van der Waals surface area contributed by atoms with E-state index in [2.05, 4.69) is 31.4 Å². The lowest BCUT2D eigenvalue weighted by molar-refractivity contribution is -0.385. The number of nitrogens with one attached hydrogen (secondary N) is 2. The highest BCUT2D eigenvalue weighted by Crippen LogP contribution is 2.33. The van der Waals surface area contributed by atoms with E-state index in [1.54, 1.807) is 12.3 Å². The summed E-state index contributed by atoms with van der Waals surface area (Å²) in [5, 5.41) is 14.9. The van der Waals surface area contributed by atoms with E-state index in [1.807, 2.05) is 0 Å². The summed E-state index contributed by atoms with van der Waals surface area (Å²) in [6.45, 7) is 0. The highest BCUT2D eigenvalue weighted by molar-refractivity contribution is 9.10. The topological polar surface area (TPSA) is 119 Å². The molecule has 1 aromatic heterocycles. The van der Waals surface area contributed by atoms with Crippen LogP contribution in [0.1, 0.15) is 16.1 Å². The van der Waals surface area contributed by atoms with Crippen molar-refractivity contribution in [2.75, 3.05) is 14.2 Å². The summed E-state index contributed by atoms with van der Waals surface area (Å²) in [6, 6.07) is 4.20. The summed E-state index contributed by atoms with van der Waals surface area (Å²) in [5.41, 5.74) is 2.50. The number of nitrogens with zero attached hydrogens (tertiary/aromatic N) is 2. The van der Waals surface area contributed by atoms with Crippen molar-refractivity contribution in [1.82, 2.24) is 10.4 Å².